The summed E-state index contributed by atoms with van der Waals surface area (Å²) in [6.45, 7) is 1.74. The van der Waals surface area contributed by atoms with Gasteiger partial charge in [0, 0.05) is 16.1 Å². The van der Waals surface area contributed by atoms with Gasteiger partial charge in [0.25, 0.3) is 0 Å². The van der Waals surface area contributed by atoms with Gasteiger partial charge in [-0.2, -0.15) is 13.2 Å². The molecule has 0 saturated heterocycles. The zero-order valence-corrected chi connectivity index (χ0v) is 18.4. The first kappa shape index (κ1) is 23.1. The summed E-state index contributed by atoms with van der Waals surface area (Å²) in [4.78, 5) is 12.3. The van der Waals surface area contributed by atoms with Gasteiger partial charge >= 0.3 is 12.1 Å². The molecule has 7 nitrogen and oxygen atoms in total. The SMILES string of the molecule is CCOC(=O)C[C@H]1O[C@H](c2ccccc2OC)c2cc(Cl)ccc2-n2c1nnc2C(F)(F)F. The second-order valence-electron chi connectivity index (χ2n) is 7.17. The second-order valence-corrected chi connectivity index (χ2v) is 7.61. The van der Waals surface area contributed by atoms with Crippen molar-refractivity contribution in [2.24, 2.45) is 0 Å². The molecule has 11 heteroatoms. The zero-order valence-electron chi connectivity index (χ0n) is 17.6. The molecule has 3 aromatic rings. The lowest BCUT2D eigenvalue weighted by atomic mass is 9.98. The molecule has 0 aliphatic carbocycles. The van der Waals surface area contributed by atoms with Gasteiger partial charge < -0.3 is 14.2 Å². The Morgan fingerprint density at radius 3 is 2.64 bits per heavy atom. The third-order valence-corrected chi connectivity index (χ3v) is 5.36. The van der Waals surface area contributed by atoms with Crippen molar-refractivity contribution in [2.75, 3.05) is 13.7 Å². The summed E-state index contributed by atoms with van der Waals surface area (Å²) in [5.74, 6) is -1.60. The molecule has 0 spiro atoms. The second kappa shape index (κ2) is 9.03. The molecule has 2 atom stereocenters. The van der Waals surface area contributed by atoms with Crippen molar-refractivity contribution in [1.82, 2.24) is 14.8 Å². The summed E-state index contributed by atoms with van der Waals surface area (Å²) in [6.07, 6.45) is -7.27. The molecule has 0 N–H and O–H groups in total. The highest BCUT2D eigenvalue weighted by Gasteiger charge is 2.43. The number of fused-ring (bicyclic) bond motifs is 3. The van der Waals surface area contributed by atoms with Crippen molar-refractivity contribution in [3.05, 3.63) is 70.3 Å². The predicted octanol–water partition coefficient (Wildman–Crippen LogP) is 5.06. The van der Waals surface area contributed by atoms with Gasteiger partial charge in [-0.25, -0.2) is 0 Å². The minimum Gasteiger partial charge on any atom is -0.496 e. The molecule has 1 aliphatic heterocycles. The van der Waals surface area contributed by atoms with Gasteiger partial charge in [-0.1, -0.05) is 29.8 Å². The Hall–Kier alpha value is -3.11. The van der Waals surface area contributed by atoms with E-state index in [-0.39, 0.29) is 24.5 Å². The quantitative estimate of drug-likeness (QED) is 0.474. The number of para-hydroxylation sites is 1. The van der Waals surface area contributed by atoms with Crippen LogP contribution in [0, 0.1) is 0 Å². The lowest BCUT2D eigenvalue weighted by molar-refractivity contribution is -0.147. The van der Waals surface area contributed by atoms with Gasteiger partial charge in [0.05, 0.1) is 25.8 Å². The van der Waals surface area contributed by atoms with E-state index in [2.05, 4.69) is 10.2 Å². The van der Waals surface area contributed by atoms with E-state index in [0.717, 1.165) is 4.57 Å². The predicted molar refractivity (Wildman–Crippen MR) is 111 cm³/mol. The molecule has 0 fully saturated rings. The number of rotatable bonds is 5. The number of hydrogen-bond acceptors (Lipinski definition) is 6. The first-order chi connectivity index (χ1) is 15.7. The number of ether oxygens (including phenoxy) is 3. The van der Waals surface area contributed by atoms with E-state index in [4.69, 9.17) is 25.8 Å². The Bertz CT molecular complexity index is 1180. The third kappa shape index (κ3) is 4.40. The fraction of sp³-hybridized carbons (Fsp3) is 0.318. The van der Waals surface area contributed by atoms with Crippen LogP contribution in [0.25, 0.3) is 5.69 Å². The lowest BCUT2D eigenvalue weighted by Crippen LogP contribution is -2.18. The summed E-state index contributed by atoms with van der Waals surface area (Å²) >= 11 is 6.23. The van der Waals surface area contributed by atoms with Gasteiger partial charge in [-0.15, -0.1) is 10.2 Å². The average Bonchev–Trinajstić information content (AvgIpc) is 3.17. The minimum absolute atomic E-state index is 0.109. The van der Waals surface area contributed by atoms with Crippen LogP contribution in [0.15, 0.2) is 42.5 Å². The maximum absolute atomic E-state index is 13.9. The van der Waals surface area contributed by atoms with Crippen LogP contribution in [-0.4, -0.2) is 34.5 Å². The molecular formula is C22H19ClF3N3O4. The summed E-state index contributed by atoms with van der Waals surface area (Å²) < 4.78 is 59.2. The number of carbonyl (C=O) groups is 1. The number of carbonyl (C=O) groups excluding carboxylic acids is 1. The topological polar surface area (TPSA) is 75.5 Å². The van der Waals surface area contributed by atoms with Crippen LogP contribution >= 0.6 is 11.6 Å². The normalized spacial score (nSPS) is 17.6. The van der Waals surface area contributed by atoms with E-state index in [1.54, 1.807) is 31.2 Å². The van der Waals surface area contributed by atoms with Crippen molar-refractivity contribution in [3.63, 3.8) is 0 Å². The summed E-state index contributed by atoms with van der Waals surface area (Å²) in [5, 5.41) is 7.43. The zero-order chi connectivity index (χ0) is 23.8. The first-order valence-corrected chi connectivity index (χ1v) is 10.4. The molecule has 1 aromatic heterocycles. The number of benzene rings is 2. The number of nitrogens with zero attached hydrogens (tertiary/aromatic N) is 3. The number of halogens is 4. The van der Waals surface area contributed by atoms with Crippen LogP contribution in [0.1, 0.15) is 48.3 Å². The van der Waals surface area contributed by atoms with E-state index in [1.165, 1.54) is 25.3 Å². The first-order valence-electron chi connectivity index (χ1n) is 10.0. The Kier molecular flexibility index (Phi) is 6.31. The highest BCUT2D eigenvalue weighted by molar-refractivity contribution is 6.30. The Morgan fingerprint density at radius 1 is 1.18 bits per heavy atom. The number of esters is 1. The summed E-state index contributed by atoms with van der Waals surface area (Å²) in [5.41, 5.74) is 1.02. The molecule has 2 heterocycles. The van der Waals surface area contributed by atoms with Crippen LogP contribution in [-0.2, 0) is 20.4 Å². The highest BCUT2D eigenvalue weighted by atomic mass is 35.5. The van der Waals surface area contributed by atoms with E-state index in [1.807, 2.05) is 0 Å². The van der Waals surface area contributed by atoms with E-state index in [9.17, 15) is 18.0 Å². The fourth-order valence-corrected chi connectivity index (χ4v) is 3.98. The lowest BCUT2D eigenvalue weighted by Gasteiger charge is -2.24. The standard InChI is InChI=1S/C22H19ClF3N3O4/c1-3-32-18(30)11-17-20-27-28-21(22(24,25)26)29(20)15-9-8-12(23)10-14(15)19(33-17)13-6-4-5-7-16(13)31-2/h4-10,17,19H,3,11H2,1-2H3/t17-,19-/m1/s1. The maximum atomic E-state index is 13.9. The fourth-order valence-electron chi connectivity index (χ4n) is 3.80. The van der Waals surface area contributed by atoms with Crippen molar-refractivity contribution >= 4 is 17.6 Å². The number of alkyl halides is 3. The highest BCUT2D eigenvalue weighted by Crippen LogP contribution is 2.45. The molecule has 33 heavy (non-hydrogen) atoms. The summed E-state index contributed by atoms with van der Waals surface area (Å²) in [7, 11) is 1.47. The number of methoxy groups -OCH3 is 1. The molecule has 0 saturated carbocycles. The number of aromatic nitrogens is 3. The molecular weight excluding hydrogens is 463 g/mol. The van der Waals surface area contributed by atoms with Crippen LogP contribution in [0.4, 0.5) is 13.2 Å². The molecule has 174 valence electrons. The van der Waals surface area contributed by atoms with Crippen LogP contribution in [0.5, 0.6) is 5.75 Å². The van der Waals surface area contributed by atoms with Crippen molar-refractivity contribution < 1.29 is 32.2 Å². The van der Waals surface area contributed by atoms with Crippen molar-refractivity contribution in [3.8, 4) is 11.4 Å². The van der Waals surface area contributed by atoms with Crippen molar-refractivity contribution in [2.45, 2.75) is 31.7 Å². The average molecular weight is 482 g/mol. The Morgan fingerprint density at radius 2 is 1.94 bits per heavy atom. The molecule has 0 bridgehead atoms. The van der Waals surface area contributed by atoms with E-state index in [0.29, 0.717) is 21.9 Å². The monoisotopic (exact) mass is 481 g/mol. The largest absolute Gasteiger partial charge is 0.496 e. The Balaban J connectivity index is 1.98. The molecule has 2 aromatic carbocycles. The molecule has 0 amide bonds. The molecule has 0 radical (unpaired) electrons. The molecule has 4 rings (SSSR count). The number of hydrogen-bond donors (Lipinski definition) is 0. The molecule has 0 unspecified atom stereocenters. The van der Waals surface area contributed by atoms with Gasteiger partial charge in [-0.3, -0.25) is 9.36 Å². The minimum atomic E-state index is -4.80. The van der Waals surface area contributed by atoms with E-state index >= 15 is 0 Å². The Labute approximate surface area is 192 Å². The third-order valence-electron chi connectivity index (χ3n) is 5.12. The van der Waals surface area contributed by atoms with Crippen LogP contribution in [0.3, 0.4) is 0 Å². The molecule has 1 aliphatic rings. The summed E-state index contributed by atoms with van der Waals surface area (Å²) in [6, 6.07) is 11.4. The maximum Gasteiger partial charge on any atom is 0.452 e. The van der Waals surface area contributed by atoms with Gasteiger partial charge in [-0.05, 0) is 31.2 Å². The van der Waals surface area contributed by atoms with Gasteiger partial charge in [0.1, 0.15) is 18.0 Å². The smallest absolute Gasteiger partial charge is 0.452 e. The van der Waals surface area contributed by atoms with Crippen LogP contribution in [0.2, 0.25) is 5.02 Å². The van der Waals surface area contributed by atoms with Crippen molar-refractivity contribution in [1.29, 1.82) is 0 Å². The van der Waals surface area contributed by atoms with Gasteiger partial charge in [0.15, 0.2) is 5.82 Å². The van der Waals surface area contributed by atoms with E-state index < -0.39 is 30.2 Å². The van der Waals surface area contributed by atoms with Crippen LogP contribution < -0.4 is 4.74 Å². The van der Waals surface area contributed by atoms with Gasteiger partial charge in [0.2, 0.25) is 5.82 Å².